The van der Waals surface area contributed by atoms with E-state index < -0.39 is 95.5 Å². The summed E-state index contributed by atoms with van der Waals surface area (Å²) in [4.78, 5) is 18.0. The van der Waals surface area contributed by atoms with Crippen molar-refractivity contribution in [3.63, 3.8) is 0 Å². The molecule has 0 saturated carbocycles. The van der Waals surface area contributed by atoms with E-state index in [1.54, 1.807) is 60.4 Å². The second-order valence-corrected chi connectivity index (χ2v) is 18.5. The maximum atomic E-state index is 14.3. The van der Waals surface area contributed by atoms with Crippen LogP contribution < -0.4 is 5.32 Å². The van der Waals surface area contributed by atoms with Gasteiger partial charge in [0.1, 0.15) is 35.1 Å². The van der Waals surface area contributed by atoms with Crippen LogP contribution in [0, 0.1) is 17.8 Å². The molecule has 0 spiro atoms. The largest absolute Gasteiger partial charge is 0.459 e. The number of nitrogens with one attached hydrogen (secondary N) is 1. The van der Waals surface area contributed by atoms with Crippen molar-refractivity contribution in [3.8, 4) is 0 Å². The first-order chi connectivity index (χ1) is 26.3. The lowest BCUT2D eigenvalue weighted by Gasteiger charge is -2.54. The number of cyclic esters (lactones) is 1. The lowest BCUT2D eigenvalue weighted by Crippen LogP contribution is -2.70. The van der Waals surface area contributed by atoms with E-state index in [-0.39, 0.29) is 50.5 Å². The van der Waals surface area contributed by atoms with Crippen molar-refractivity contribution in [2.45, 2.75) is 185 Å². The van der Waals surface area contributed by atoms with E-state index >= 15 is 0 Å². The van der Waals surface area contributed by atoms with E-state index in [2.05, 4.69) is 5.32 Å². The third kappa shape index (κ3) is 11.4. The number of hydrogen-bond donors (Lipinski definition) is 7. The van der Waals surface area contributed by atoms with Gasteiger partial charge in [-0.3, -0.25) is 4.79 Å². The highest BCUT2D eigenvalue weighted by Crippen LogP contribution is 2.43. The Labute approximate surface area is 341 Å². The SMILES string of the molecule is CC[C@H]1OC(=O)[C@H](C)[C@@H](O[C@H]2C[C@@](C)(OC)[C@@](O)(CN(C)CCO)[C@H](C)O2)[C@H](C)[C@@H](O[C@@H]2O[C@H](C)C[C@H](N(C)C)[C@H]2O)[C@@](C)(O)C[C@@H](C)CN[C@H](C)[C@@H](O)[C@]1(C)O. The number of nitrogens with zero attached hydrogens (tertiary/aromatic N) is 2. The Hall–Kier alpha value is -1.09. The summed E-state index contributed by atoms with van der Waals surface area (Å²) < 4.78 is 38.3. The molecule has 0 radical (unpaired) electrons. The number of ether oxygens (including phenoxy) is 6. The number of rotatable bonds is 11. The minimum Gasteiger partial charge on any atom is -0.459 e. The molecule has 0 amide bonds. The van der Waals surface area contributed by atoms with Crippen LogP contribution in [-0.4, -0.2) is 191 Å². The van der Waals surface area contributed by atoms with E-state index in [1.165, 1.54) is 14.0 Å². The number of likely N-dealkylation sites (N-methyl/N-ethyl adjacent to an activating group) is 2. The van der Waals surface area contributed by atoms with Crippen LogP contribution in [0.5, 0.6) is 0 Å². The summed E-state index contributed by atoms with van der Waals surface area (Å²) in [5.41, 5.74) is -6.17. The van der Waals surface area contributed by atoms with Gasteiger partial charge in [-0.05, 0) is 101 Å². The van der Waals surface area contributed by atoms with Gasteiger partial charge in [-0.1, -0.05) is 20.8 Å². The van der Waals surface area contributed by atoms with Crippen LogP contribution in [0.15, 0.2) is 0 Å². The predicted molar refractivity (Wildman–Crippen MR) is 213 cm³/mol. The van der Waals surface area contributed by atoms with E-state index in [4.69, 9.17) is 28.4 Å². The van der Waals surface area contributed by atoms with Crippen LogP contribution in [0.25, 0.3) is 0 Å². The standard InChI is InChI=1S/C41H79N3O13/c1-15-30-40(10,50)34(47)27(6)42-21-23(2)19-38(8,49)35(57-37-32(46)29(43(11)12)18-24(3)53-37)25(4)33(26(5)36(48)55-30)56-31-20-39(9,52-14)41(51,28(7)54-31)22-44(13)16-17-45/h23-35,37,42,45-47,49-51H,15-22H2,1-14H3/t23-,24-,25+,26-,27-,28+,29+,30-,31+,32-,33+,34-,35-,37+,38+,39-,40-,41-/m1/s1. The highest BCUT2D eigenvalue weighted by molar-refractivity contribution is 5.73. The van der Waals surface area contributed by atoms with E-state index in [0.29, 0.717) is 19.5 Å². The second kappa shape index (κ2) is 20.2. The molecule has 18 atom stereocenters. The molecule has 0 aliphatic carbocycles. The van der Waals surface area contributed by atoms with Crippen molar-refractivity contribution >= 4 is 5.97 Å². The first kappa shape index (κ1) is 50.3. The predicted octanol–water partition coefficient (Wildman–Crippen LogP) is 0.853. The average Bonchev–Trinajstić information content (AvgIpc) is 3.12. The van der Waals surface area contributed by atoms with Gasteiger partial charge in [0.15, 0.2) is 12.6 Å². The first-order valence-corrected chi connectivity index (χ1v) is 20.9. The lowest BCUT2D eigenvalue weighted by atomic mass is 9.75. The van der Waals surface area contributed by atoms with Gasteiger partial charge in [0, 0.05) is 44.6 Å². The van der Waals surface area contributed by atoms with Crippen molar-refractivity contribution in [2.24, 2.45) is 17.8 Å². The lowest BCUT2D eigenvalue weighted by molar-refractivity contribution is -0.339. The fourth-order valence-corrected chi connectivity index (χ4v) is 9.38. The van der Waals surface area contributed by atoms with Crippen LogP contribution in [0.1, 0.15) is 94.9 Å². The Bertz CT molecular complexity index is 1260. The van der Waals surface area contributed by atoms with Gasteiger partial charge >= 0.3 is 5.97 Å². The molecule has 57 heavy (non-hydrogen) atoms. The molecule has 0 aromatic carbocycles. The maximum Gasteiger partial charge on any atom is 0.311 e. The average molecular weight is 822 g/mol. The molecule has 0 aromatic heterocycles. The Balaban J connectivity index is 2.17. The second-order valence-electron chi connectivity index (χ2n) is 18.5. The molecule has 3 aliphatic heterocycles. The Morgan fingerprint density at radius 3 is 2.14 bits per heavy atom. The summed E-state index contributed by atoms with van der Waals surface area (Å²) in [6.07, 6.45) is -7.95. The highest BCUT2D eigenvalue weighted by atomic mass is 16.7. The molecule has 7 N–H and O–H groups in total. The maximum absolute atomic E-state index is 14.3. The molecule has 3 fully saturated rings. The summed E-state index contributed by atoms with van der Waals surface area (Å²) >= 11 is 0. The third-order valence-corrected chi connectivity index (χ3v) is 13.2. The van der Waals surface area contributed by atoms with Gasteiger partial charge in [-0.25, -0.2) is 0 Å². The molecular weight excluding hydrogens is 742 g/mol. The topological polar surface area (TPSA) is 212 Å². The number of hydrogen-bond acceptors (Lipinski definition) is 16. The van der Waals surface area contributed by atoms with Gasteiger partial charge in [0.05, 0.1) is 42.5 Å². The molecule has 3 aliphatic rings. The molecule has 3 rings (SSSR count). The van der Waals surface area contributed by atoms with Crippen LogP contribution >= 0.6 is 0 Å². The molecule has 0 aromatic rings. The number of carbonyl (C=O) groups excluding carboxylic acids is 1. The number of carbonyl (C=O) groups is 1. The van der Waals surface area contributed by atoms with Crippen LogP contribution in [0.3, 0.4) is 0 Å². The summed E-state index contributed by atoms with van der Waals surface area (Å²) in [7, 11) is 7.03. The Morgan fingerprint density at radius 2 is 1.58 bits per heavy atom. The van der Waals surface area contributed by atoms with Crippen molar-refractivity contribution < 1.29 is 63.9 Å². The van der Waals surface area contributed by atoms with Crippen molar-refractivity contribution in [1.29, 1.82) is 0 Å². The number of methoxy groups -OCH3 is 1. The number of aliphatic hydroxyl groups excluding tert-OH is 3. The number of esters is 1. The molecular formula is C41H79N3O13. The molecule has 16 heteroatoms. The molecule has 0 unspecified atom stereocenters. The zero-order valence-electron chi connectivity index (χ0n) is 37.2. The smallest absolute Gasteiger partial charge is 0.311 e. The van der Waals surface area contributed by atoms with Crippen LogP contribution in [0.2, 0.25) is 0 Å². The summed E-state index contributed by atoms with van der Waals surface area (Å²) in [6, 6.07) is -0.904. The molecule has 3 heterocycles. The molecule has 16 nitrogen and oxygen atoms in total. The van der Waals surface area contributed by atoms with E-state index in [9.17, 15) is 35.4 Å². The summed E-state index contributed by atoms with van der Waals surface area (Å²) in [5.74, 6) is -2.76. The first-order valence-electron chi connectivity index (χ1n) is 20.9. The van der Waals surface area contributed by atoms with Crippen molar-refractivity contribution in [2.75, 3.05) is 54.5 Å². The van der Waals surface area contributed by atoms with Crippen molar-refractivity contribution in [3.05, 3.63) is 0 Å². The fourth-order valence-electron chi connectivity index (χ4n) is 9.38. The minimum atomic E-state index is -1.83. The molecule has 0 bridgehead atoms. The normalized spacial score (nSPS) is 47.4. The van der Waals surface area contributed by atoms with Gasteiger partial charge in [0.2, 0.25) is 0 Å². The van der Waals surface area contributed by atoms with E-state index in [1.807, 2.05) is 32.8 Å². The quantitative estimate of drug-likeness (QED) is 0.144. The zero-order valence-corrected chi connectivity index (χ0v) is 37.2. The Morgan fingerprint density at radius 1 is 0.947 bits per heavy atom. The van der Waals surface area contributed by atoms with Gasteiger partial charge in [-0.2, -0.15) is 0 Å². The monoisotopic (exact) mass is 822 g/mol. The summed E-state index contributed by atoms with van der Waals surface area (Å²) in [6.45, 7) is 18.1. The highest BCUT2D eigenvalue weighted by Gasteiger charge is 2.59. The molecule has 3 saturated heterocycles. The zero-order chi connectivity index (χ0) is 43.4. The summed E-state index contributed by atoms with van der Waals surface area (Å²) in [5, 5.41) is 72.2. The van der Waals surface area contributed by atoms with Crippen molar-refractivity contribution in [1.82, 2.24) is 15.1 Å². The third-order valence-electron chi connectivity index (χ3n) is 13.2. The van der Waals surface area contributed by atoms with Crippen LogP contribution in [-0.2, 0) is 33.2 Å². The number of aliphatic hydroxyl groups is 6. The minimum absolute atomic E-state index is 0.0375. The van der Waals surface area contributed by atoms with Crippen LogP contribution in [0.4, 0.5) is 0 Å². The fraction of sp³-hybridized carbons (Fsp3) is 0.976. The molecule has 336 valence electrons. The van der Waals surface area contributed by atoms with Gasteiger partial charge < -0.3 is 74.2 Å². The Kier molecular flexibility index (Phi) is 17.8. The van der Waals surface area contributed by atoms with E-state index in [0.717, 1.165) is 0 Å². The van der Waals surface area contributed by atoms with Gasteiger partial charge in [-0.15, -0.1) is 0 Å². The van der Waals surface area contributed by atoms with Gasteiger partial charge in [0.25, 0.3) is 0 Å².